The molecule has 1 N–H and O–H groups in total. The van der Waals surface area contributed by atoms with Crippen molar-refractivity contribution < 1.29 is 14.7 Å². The van der Waals surface area contributed by atoms with E-state index in [2.05, 4.69) is 0 Å². The van der Waals surface area contributed by atoms with E-state index in [4.69, 9.17) is 10.4 Å². The Labute approximate surface area is 110 Å². The summed E-state index contributed by atoms with van der Waals surface area (Å²) in [5.41, 5.74) is 1.52. The van der Waals surface area contributed by atoms with E-state index < -0.39 is 5.97 Å². The topological polar surface area (TPSA) is 84.6 Å². The standard InChI is InChI=1S/C13H13N3O3/c1-15-8-12(17)16(6-2-5-14)10-4-3-9(13(18)19)7-11(10)15/h3-4,7H,2,6,8H2,1H3,(H,18,19). The molecule has 0 radical (unpaired) electrons. The van der Waals surface area contributed by atoms with Crippen molar-refractivity contribution in [1.82, 2.24) is 0 Å². The first-order valence-electron chi connectivity index (χ1n) is 5.80. The van der Waals surface area contributed by atoms with Crippen LogP contribution in [0.1, 0.15) is 16.8 Å². The predicted molar refractivity (Wildman–Crippen MR) is 69.3 cm³/mol. The van der Waals surface area contributed by atoms with Gasteiger partial charge in [0.2, 0.25) is 5.91 Å². The first kappa shape index (κ1) is 12.9. The van der Waals surface area contributed by atoms with Crippen molar-refractivity contribution >= 4 is 23.3 Å². The Morgan fingerprint density at radius 2 is 2.21 bits per heavy atom. The molecule has 0 saturated carbocycles. The zero-order chi connectivity index (χ0) is 14.0. The van der Waals surface area contributed by atoms with Gasteiger partial charge in [-0.1, -0.05) is 0 Å². The number of nitriles is 1. The maximum Gasteiger partial charge on any atom is 0.335 e. The van der Waals surface area contributed by atoms with Crippen LogP contribution in [-0.4, -0.2) is 37.1 Å². The van der Waals surface area contributed by atoms with Gasteiger partial charge in [0.1, 0.15) is 0 Å². The van der Waals surface area contributed by atoms with Crippen LogP contribution in [0.15, 0.2) is 18.2 Å². The second-order valence-corrected chi connectivity index (χ2v) is 4.32. The minimum Gasteiger partial charge on any atom is -0.478 e. The number of hydrogen-bond acceptors (Lipinski definition) is 4. The average molecular weight is 259 g/mol. The van der Waals surface area contributed by atoms with Gasteiger partial charge >= 0.3 is 5.97 Å². The lowest BCUT2D eigenvalue weighted by Crippen LogP contribution is -2.44. The highest BCUT2D eigenvalue weighted by Crippen LogP contribution is 2.33. The Morgan fingerprint density at radius 3 is 2.84 bits per heavy atom. The van der Waals surface area contributed by atoms with Crippen molar-refractivity contribution in [2.24, 2.45) is 0 Å². The van der Waals surface area contributed by atoms with Crippen molar-refractivity contribution in [2.75, 3.05) is 29.9 Å². The van der Waals surface area contributed by atoms with Gasteiger partial charge in [0.25, 0.3) is 0 Å². The van der Waals surface area contributed by atoms with Gasteiger partial charge in [0, 0.05) is 13.6 Å². The van der Waals surface area contributed by atoms with Gasteiger partial charge in [-0.15, -0.1) is 0 Å². The summed E-state index contributed by atoms with van der Waals surface area (Å²) in [7, 11) is 1.74. The number of fused-ring (bicyclic) bond motifs is 1. The number of rotatable bonds is 3. The van der Waals surface area contributed by atoms with Gasteiger partial charge < -0.3 is 14.9 Å². The molecular formula is C13H13N3O3. The van der Waals surface area contributed by atoms with E-state index in [9.17, 15) is 9.59 Å². The molecule has 0 spiro atoms. The number of benzene rings is 1. The van der Waals surface area contributed by atoms with Gasteiger partial charge in [-0.2, -0.15) is 5.26 Å². The summed E-state index contributed by atoms with van der Waals surface area (Å²) < 4.78 is 0. The van der Waals surface area contributed by atoms with Gasteiger partial charge in [0.15, 0.2) is 0 Å². The number of carboxylic acids is 1. The number of carboxylic acid groups (broad SMARTS) is 1. The third kappa shape index (κ3) is 2.36. The fourth-order valence-electron chi connectivity index (χ4n) is 2.11. The fourth-order valence-corrected chi connectivity index (χ4v) is 2.11. The van der Waals surface area contributed by atoms with E-state index >= 15 is 0 Å². The van der Waals surface area contributed by atoms with Gasteiger partial charge in [-0.3, -0.25) is 4.79 Å². The summed E-state index contributed by atoms with van der Waals surface area (Å²) in [5, 5.41) is 17.6. The number of amides is 1. The Bertz CT molecular complexity index is 577. The molecule has 2 rings (SSSR count). The van der Waals surface area contributed by atoms with Crippen LogP contribution in [0.4, 0.5) is 11.4 Å². The molecule has 1 aromatic carbocycles. The van der Waals surface area contributed by atoms with E-state index in [1.54, 1.807) is 24.1 Å². The number of likely N-dealkylation sites (N-methyl/N-ethyl adjacent to an activating group) is 1. The van der Waals surface area contributed by atoms with Crippen molar-refractivity contribution in [3.8, 4) is 6.07 Å². The lowest BCUT2D eigenvalue weighted by atomic mass is 10.1. The number of aromatic carboxylic acids is 1. The third-order valence-electron chi connectivity index (χ3n) is 3.05. The molecule has 6 heteroatoms. The van der Waals surface area contributed by atoms with E-state index in [1.165, 1.54) is 11.0 Å². The molecule has 1 aliphatic heterocycles. The molecule has 0 aliphatic carbocycles. The molecule has 0 unspecified atom stereocenters. The van der Waals surface area contributed by atoms with Crippen LogP contribution in [0.2, 0.25) is 0 Å². The van der Waals surface area contributed by atoms with E-state index in [1.807, 2.05) is 6.07 Å². The lowest BCUT2D eigenvalue weighted by Gasteiger charge is -2.35. The third-order valence-corrected chi connectivity index (χ3v) is 3.05. The van der Waals surface area contributed by atoms with E-state index in [-0.39, 0.29) is 24.4 Å². The molecular weight excluding hydrogens is 246 g/mol. The molecule has 6 nitrogen and oxygen atoms in total. The number of nitrogens with zero attached hydrogens (tertiary/aromatic N) is 3. The Morgan fingerprint density at radius 1 is 1.47 bits per heavy atom. The predicted octanol–water partition coefficient (Wildman–Crippen LogP) is 1.08. The smallest absolute Gasteiger partial charge is 0.335 e. The van der Waals surface area contributed by atoms with Crippen molar-refractivity contribution in [3.63, 3.8) is 0 Å². The summed E-state index contributed by atoms with van der Waals surface area (Å²) in [5.74, 6) is -1.09. The van der Waals surface area contributed by atoms with Crippen LogP contribution < -0.4 is 9.80 Å². The van der Waals surface area contributed by atoms with Crippen molar-refractivity contribution in [2.45, 2.75) is 6.42 Å². The van der Waals surface area contributed by atoms with Crippen LogP contribution in [0, 0.1) is 11.3 Å². The molecule has 0 saturated heterocycles. The van der Waals surface area contributed by atoms with Crippen molar-refractivity contribution in [3.05, 3.63) is 23.8 Å². The van der Waals surface area contributed by atoms with Crippen LogP contribution in [-0.2, 0) is 4.79 Å². The SMILES string of the molecule is CN1CC(=O)N(CCC#N)c2ccc(C(=O)O)cc21. The Hall–Kier alpha value is -2.55. The molecule has 0 aromatic heterocycles. The minimum absolute atomic E-state index is 0.0895. The summed E-state index contributed by atoms with van der Waals surface area (Å²) in [4.78, 5) is 26.2. The molecule has 0 bridgehead atoms. The monoisotopic (exact) mass is 259 g/mol. The highest BCUT2D eigenvalue weighted by atomic mass is 16.4. The number of anilines is 2. The number of carbonyl (C=O) groups excluding carboxylic acids is 1. The van der Waals surface area contributed by atoms with E-state index in [0.717, 1.165) is 0 Å². The second kappa shape index (κ2) is 4.98. The number of hydrogen-bond donors (Lipinski definition) is 1. The first-order valence-corrected chi connectivity index (χ1v) is 5.80. The Kier molecular flexibility index (Phi) is 3.38. The molecule has 1 aliphatic rings. The first-order chi connectivity index (χ1) is 9.04. The normalized spacial score (nSPS) is 14.0. The van der Waals surface area contributed by atoms with Crippen LogP contribution in [0.3, 0.4) is 0 Å². The molecule has 0 fully saturated rings. The van der Waals surface area contributed by atoms with Crippen LogP contribution >= 0.6 is 0 Å². The maximum absolute atomic E-state index is 12.0. The Balaban J connectivity index is 2.44. The van der Waals surface area contributed by atoms with Crippen LogP contribution in [0.5, 0.6) is 0 Å². The van der Waals surface area contributed by atoms with Gasteiger partial charge in [0.05, 0.1) is 36.0 Å². The van der Waals surface area contributed by atoms with Crippen molar-refractivity contribution in [1.29, 1.82) is 5.26 Å². The quantitative estimate of drug-likeness (QED) is 0.878. The van der Waals surface area contributed by atoms with E-state index in [0.29, 0.717) is 17.9 Å². The molecule has 1 aromatic rings. The van der Waals surface area contributed by atoms with Crippen LogP contribution in [0.25, 0.3) is 0 Å². The zero-order valence-electron chi connectivity index (χ0n) is 10.5. The summed E-state index contributed by atoms with van der Waals surface area (Å²) in [6.45, 7) is 0.504. The van der Waals surface area contributed by atoms with Gasteiger partial charge in [-0.25, -0.2) is 4.79 Å². The summed E-state index contributed by atoms with van der Waals surface area (Å²) >= 11 is 0. The highest BCUT2D eigenvalue weighted by molar-refractivity contribution is 6.04. The maximum atomic E-state index is 12.0. The summed E-state index contributed by atoms with van der Waals surface area (Å²) in [6.07, 6.45) is 0.246. The fraction of sp³-hybridized carbons (Fsp3) is 0.308. The minimum atomic E-state index is -1.00. The molecule has 1 heterocycles. The second-order valence-electron chi connectivity index (χ2n) is 4.32. The summed E-state index contributed by atoms with van der Waals surface area (Å²) in [6, 6.07) is 6.63. The zero-order valence-corrected chi connectivity index (χ0v) is 10.5. The molecule has 98 valence electrons. The van der Waals surface area contributed by atoms with Gasteiger partial charge in [-0.05, 0) is 18.2 Å². The highest BCUT2D eigenvalue weighted by Gasteiger charge is 2.27. The molecule has 19 heavy (non-hydrogen) atoms. The lowest BCUT2D eigenvalue weighted by molar-refractivity contribution is -0.117. The largest absolute Gasteiger partial charge is 0.478 e. The molecule has 0 atom stereocenters. The number of carbonyl (C=O) groups is 2. The molecule has 1 amide bonds. The average Bonchev–Trinajstić information content (AvgIpc) is 2.38.